The molecular formula is C32H37FN4O2. The van der Waals surface area contributed by atoms with Gasteiger partial charge in [-0.3, -0.25) is 4.79 Å². The summed E-state index contributed by atoms with van der Waals surface area (Å²) in [7, 11) is 1.66. The number of aromatic nitrogens is 1. The molecule has 39 heavy (non-hydrogen) atoms. The summed E-state index contributed by atoms with van der Waals surface area (Å²) in [6, 6.07) is 22.8. The lowest BCUT2D eigenvalue weighted by Crippen LogP contribution is -2.47. The fourth-order valence-electron chi connectivity index (χ4n) is 5.41. The Morgan fingerprint density at radius 1 is 0.872 bits per heavy atom. The number of methoxy groups -OCH3 is 1. The number of nitrogens with one attached hydrogen (secondary N) is 1. The normalized spacial score (nSPS) is 14.5. The lowest BCUT2D eigenvalue weighted by Gasteiger charge is -2.34. The van der Waals surface area contributed by atoms with E-state index in [2.05, 4.69) is 50.0 Å². The molecule has 4 aromatic rings. The van der Waals surface area contributed by atoms with Crippen molar-refractivity contribution in [1.29, 1.82) is 0 Å². The third kappa shape index (κ3) is 6.85. The molecule has 1 aliphatic heterocycles. The molecule has 0 bridgehead atoms. The minimum absolute atomic E-state index is 0.178. The van der Waals surface area contributed by atoms with Gasteiger partial charge in [0, 0.05) is 57.4 Å². The Labute approximate surface area is 230 Å². The van der Waals surface area contributed by atoms with Crippen LogP contribution in [-0.2, 0) is 19.5 Å². The fraction of sp³-hybridized carbons (Fsp3) is 0.344. The summed E-state index contributed by atoms with van der Waals surface area (Å²) in [5.74, 6) is 0.267. The van der Waals surface area contributed by atoms with Gasteiger partial charge >= 0.3 is 0 Å². The van der Waals surface area contributed by atoms with Crippen molar-refractivity contribution in [3.8, 4) is 5.75 Å². The Morgan fingerprint density at radius 3 is 2.33 bits per heavy atom. The Morgan fingerprint density at radius 2 is 1.59 bits per heavy atom. The molecule has 1 fully saturated rings. The summed E-state index contributed by atoms with van der Waals surface area (Å²) in [6.45, 7) is 7.55. The first-order chi connectivity index (χ1) is 19.1. The predicted molar refractivity (Wildman–Crippen MR) is 154 cm³/mol. The molecule has 204 valence electrons. The molecule has 6 nitrogen and oxygen atoms in total. The van der Waals surface area contributed by atoms with Gasteiger partial charge in [-0.25, -0.2) is 4.39 Å². The zero-order valence-electron chi connectivity index (χ0n) is 22.6. The van der Waals surface area contributed by atoms with Crippen molar-refractivity contribution in [2.45, 2.75) is 25.9 Å². The summed E-state index contributed by atoms with van der Waals surface area (Å²) in [5, 5.41) is 3.80. The monoisotopic (exact) mass is 528 g/mol. The van der Waals surface area contributed by atoms with E-state index >= 15 is 0 Å². The molecular weight excluding hydrogens is 491 g/mol. The molecule has 0 radical (unpaired) electrons. The Bertz CT molecular complexity index is 1380. The first kappa shape index (κ1) is 26.9. The zero-order chi connectivity index (χ0) is 27.0. The molecule has 0 spiro atoms. The number of carbonyl (C=O) groups excluding carboxylic acids is 1. The molecule has 1 N–H and O–H groups in total. The van der Waals surface area contributed by atoms with Gasteiger partial charge in [0.15, 0.2) is 0 Å². The van der Waals surface area contributed by atoms with E-state index < -0.39 is 0 Å². The van der Waals surface area contributed by atoms with Crippen LogP contribution in [0.1, 0.15) is 27.9 Å². The van der Waals surface area contributed by atoms with Crippen molar-refractivity contribution >= 4 is 16.8 Å². The maximum atomic E-state index is 13.5. The predicted octanol–water partition coefficient (Wildman–Crippen LogP) is 4.97. The van der Waals surface area contributed by atoms with Gasteiger partial charge in [0.25, 0.3) is 5.91 Å². The summed E-state index contributed by atoms with van der Waals surface area (Å²) >= 11 is 0. The van der Waals surface area contributed by atoms with Crippen molar-refractivity contribution in [2.24, 2.45) is 0 Å². The molecule has 1 amide bonds. The van der Waals surface area contributed by atoms with Crippen LogP contribution < -0.4 is 10.1 Å². The highest BCUT2D eigenvalue weighted by molar-refractivity contribution is 6.08. The van der Waals surface area contributed by atoms with Gasteiger partial charge in [-0.05, 0) is 48.7 Å². The molecule has 3 aromatic carbocycles. The van der Waals surface area contributed by atoms with Crippen LogP contribution >= 0.6 is 0 Å². The average molecular weight is 529 g/mol. The van der Waals surface area contributed by atoms with Crippen molar-refractivity contribution in [2.75, 3.05) is 46.4 Å². The van der Waals surface area contributed by atoms with Gasteiger partial charge < -0.3 is 24.4 Å². The Kier molecular flexibility index (Phi) is 8.91. The van der Waals surface area contributed by atoms with Crippen LogP contribution in [-0.4, -0.2) is 66.7 Å². The van der Waals surface area contributed by atoms with Crippen molar-refractivity contribution in [3.05, 3.63) is 102 Å². The molecule has 1 saturated heterocycles. The number of rotatable bonds is 11. The van der Waals surface area contributed by atoms with Crippen molar-refractivity contribution in [3.63, 3.8) is 0 Å². The quantitative estimate of drug-likeness (QED) is 0.299. The number of fused-ring (bicyclic) bond motifs is 1. The number of para-hydroxylation sites is 1. The number of piperazine rings is 1. The highest BCUT2D eigenvalue weighted by Gasteiger charge is 2.19. The number of amides is 1. The van der Waals surface area contributed by atoms with Crippen molar-refractivity contribution in [1.82, 2.24) is 19.7 Å². The first-order valence-corrected chi connectivity index (χ1v) is 13.8. The maximum Gasteiger partial charge on any atom is 0.253 e. The van der Waals surface area contributed by atoms with Crippen LogP contribution in [0, 0.1) is 5.82 Å². The van der Waals surface area contributed by atoms with Crippen LogP contribution in [0.25, 0.3) is 10.9 Å². The van der Waals surface area contributed by atoms with Gasteiger partial charge in [0.05, 0.1) is 18.2 Å². The number of nitrogens with zero attached hydrogens (tertiary/aromatic N) is 3. The molecule has 0 aliphatic carbocycles. The minimum Gasteiger partial charge on any atom is -0.495 e. The topological polar surface area (TPSA) is 49.7 Å². The van der Waals surface area contributed by atoms with Gasteiger partial charge in [0.1, 0.15) is 11.6 Å². The standard InChI is InChI=1S/C32H37FN4O2/c1-39-30-13-6-12-28-29(32(38)34-23-26-10-5-11-27(33)22-26)24-37(31(28)30)16-7-15-35-18-20-36(21-19-35)17-14-25-8-3-2-4-9-25/h2-6,8-13,22,24H,7,14-21,23H2,1H3,(H,34,38). The molecule has 5 rings (SSSR count). The van der Waals surface area contributed by atoms with E-state index in [1.807, 2.05) is 24.4 Å². The Balaban J connectivity index is 1.17. The lowest BCUT2D eigenvalue weighted by atomic mass is 10.1. The molecule has 7 heteroatoms. The van der Waals surface area contributed by atoms with Crippen LogP contribution in [0.4, 0.5) is 4.39 Å². The molecule has 0 saturated carbocycles. The van der Waals surface area contributed by atoms with Gasteiger partial charge in [-0.2, -0.15) is 0 Å². The van der Waals surface area contributed by atoms with E-state index in [-0.39, 0.29) is 18.3 Å². The first-order valence-electron chi connectivity index (χ1n) is 13.8. The summed E-state index contributed by atoms with van der Waals surface area (Å²) in [6.07, 6.45) is 4.01. The number of aryl methyl sites for hydroxylation is 1. The van der Waals surface area contributed by atoms with E-state index in [4.69, 9.17) is 4.74 Å². The van der Waals surface area contributed by atoms with E-state index in [1.54, 1.807) is 19.2 Å². The SMILES string of the molecule is COc1cccc2c(C(=O)NCc3cccc(F)c3)cn(CCCN3CCN(CCc4ccccc4)CC3)c12. The van der Waals surface area contributed by atoms with Crippen LogP contribution in [0.5, 0.6) is 5.75 Å². The number of carbonyl (C=O) groups is 1. The van der Waals surface area contributed by atoms with Crippen LogP contribution in [0.3, 0.4) is 0 Å². The van der Waals surface area contributed by atoms with Gasteiger partial charge in [0.2, 0.25) is 0 Å². The largest absolute Gasteiger partial charge is 0.495 e. The summed E-state index contributed by atoms with van der Waals surface area (Å²) in [4.78, 5) is 18.2. The number of hydrogen-bond acceptors (Lipinski definition) is 4. The third-order valence-corrected chi connectivity index (χ3v) is 7.57. The van der Waals surface area contributed by atoms with Crippen LogP contribution in [0.2, 0.25) is 0 Å². The zero-order valence-corrected chi connectivity index (χ0v) is 22.6. The van der Waals surface area contributed by atoms with Gasteiger partial charge in [-0.15, -0.1) is 0 Å². The summed E-state index contributed by atoms with van der Waals surface area (Å²) < 4.78 is 21.3. The minimum atomic E-state index is -0.309. The van der Waals surface area contributed by atoms with Crippen LogP contribution in [0.15, 0.2) is 79.0 Å². The third-order valence-electron chi connectivity index (χ3n) is 7.57. The average Bonchev–Trinajstić information content (AvgIpc) is 3.35. The number of halogens is 1. The van der Waals surface area contributed by atoms with Crippen molar-refractivity contribution < 1.29 is 13.9 Å². The second-order valence-electron chi connectivity index (χ2n) is 10.2. The van der Waals surface area contributed by atoms with E-state index in [0.29, 0.717) is 5.56 Å². The molecule has 0 unspecified atom stereocenters. The second kappa shape index (κ2) is 12.9. The smallest absolute Gasteiger partial charge is 0.253 e. The van der Waals surface area contributed by atoms with Gasteiger partial charge in [-0.1, -0.05) is 54.6 Å². The van der Waals surface area contributed by atoms with E-state index in [1.165, 1.54) is 17.7 Å². The number of ether oxygens (including phenoxy) is 1. The fourth-order valence-corrected chi connectivity index (χ4v) is 5.41. The highest BCUT2D eigenvalue weighted by atomic mass is 19.1. The van der Waals surface area contributed by atoms with E-state index in [0.717, 1.165) is 80.9 Å². The maximum absolute atomic E-state index is 13.5. The number of benzene rings is 3. The number of hydrogen-bond donors (Lipinski definition) is 1. The highest BCUT2D eigenvalue weighted by Crippen LogP contribution is 2.30. The molecule has 2 heterocycles. The molecule has 1 aromatic heterocycles. The molecule has 1 aliphatic rings. The lowest BCUT2D eigenvalue weighted by molar-refractivity contribution is 0.0952. The van der Waals surface area contributed by atoms with E-state index in [9.17, 15) is 9.18 Å². The second-order valence-corrected chi connectivity index (χ2v) is 10.2. The molecule has 0 atom stereocenters. The Hall–Kier alpha value is -3.68. The summed E-state index contributed by atoms with van der Waals surface area (Å²) in [5.41, 5.74) is 3.66.